The fraction of sp³-hybridized carbons (Fsp3) is 0.111. The van der Waals surface area contributed by atoms with E-state index < -0.39 is 28.4 Å². The normalized spacial score (nSPS) is 11.3. The summed E-state index contributed by atoms with van der Waals surface area (Å²) in [6.45, 7) is -0.554. The molecule has 0 bridgehead atoms. The first kappa shape index (κ1) is 21.0. The third-order valence-electron chi connectivity index (χ3n) is 3.96. The number of aromatic hydroxyl groups is 1. The number of aromatic nitrogens is 3. The Morgan fingerprint density at radius 3 is 2.53 bits per heavy atom. The molecule has 0 saturated carbocycles. The maximum absolute atomic E-state index is 12.4. The van der Waals surface area contributed by atoms with Crippen molar-refractivity contribution in [3.05, 3.63) is 66.7 Å². The lowest BCUT2D eigenvalue weighted by Gasteiger charge is -2.16. The zero-order valence-corrected chi connectivity index (χ0v) is 16.6. The molecule has 0 atom stereocenters. The highest BCUT2D eigenvalue weighted by atomic mass is 32.2. The van der Waals surface area contributed by atoms with Crippen molar-refractivity contribution in [2.45, 2.75) is 4.90 Å². The van der Waals surface area contributed by atoms with Crippen LogP contribution in [0.1, 0.15) is 10.5 Å². The van der Waals surface area contributed by atoms with E-state index in [9.17, 15) is 23.1 Å². The van der Waals surface area contributed by atoms with Crippen molar-refractivity contribution in [2.75, 3.05) is 13.6 Å². The van der Waals surface area contributed by atoms with Gasteiger partial charge in [0.05, 0.1) is 18.4 Å². The first-order valence-corrected chi connectivity index (χ1v) is 10.0. The zero-order chi connectivity index (χ0) is 21.7. The van der Waals surface area contributed by atoms with Gasteiger partial charge in [-0.05, 0) is 24.3 Å². The van der Waals surface area contributed by atoms with E-state index in [4.69, 9.17) is 0 Å². The number of sulfonamides is 1. The second-order valence-corrected chi connectivity index (χ2v) is 8.14. The number of nitrogens with one attached hydrogen (secondary N) is 2. The third kappa shape index (κ3) is 4.61. The number of carbonyl (C=O) groups excluding carboxylic acids is 2. The van der Waals surface area contributed by atoms with Crippen molar-refractivity contribution in [2.24, 2.45) is 0 Å². The van der Waals surface area contributed by atoms with Crippen molar-refractivity contribution in [1.82, 2.24) is 29.9 Å². The summed E-state index contributed by atoms with van der Waals surface area (Å²) in [5.41, 5.74) is 4.50. The molecule has 1 aromatic carbocycles. The monoisotopic (exact) mass is 430 g/mol. The van der Waals surface area contributed by atoms with Crippen LogP contribution >= 0.6 is 0 Å². The molecular weight excluding hydrogens is 412 g/mol. The first-order chi connectivity index (χ1) is 14.3. The standard InChI is InChI=1S/C18H18N6O5S/c1-23(30(28,29)14-8-5-9-19-10-14)12-16(26)20-21-18(27)17-15(25)11-24(22-17)13-6-3-2-4-7-13/h2-11,25H,12H2,1H3,(H,20,26)(H,21,27). The summed E-state index contributed by atoms with van der Waals surface area (Å²) >= 11 is 0. The number of nitrogens with zero attached hydrogens (tertiary/aromatic N) is 4. The second-order valence-electron chi connectivity index (χ2n) is 6.10. The summed E-state index contributed by atoms with van der Waals surface area (Å²) in [6.07, 6.45) is 3.84. The van der Waals surface area contributed by atoms with Gasteiger partial charge in [-0.3, -0.25) is 25.4 Å². The van der Waals surface area contributed by atoms with Gasteiger partial charge >= 0.3 is 0 Å². The molecule has 0 aliphatic carbocycles. The Hall–Kier alpha value is -3.77. The van der Waals surface area contributed by atoms with E-state index >= 15 is 0 Å². The van der Waals surface area contributed by atoms with Crippen molar-refractivity contribution >= 4 is 21.8 Å². The van der Waals surface area contributed by atoms with E-state index in [1.807, 2.05) is 6.07 Å². The number of hydrogen-bond acceptors (Lipinski definition) is 7. The van der Waals surface area contributed by atoms with E-state index in [0.717, 1.165) is 10.5 Å². The molecule has 156 valence electrons. The summed E-state index contributed by atoms with van der Waals surface area (Å²) in [7, 11) is -2.70. The molecule has 30 heavy (non-hydrogen) atoms. The van der Waals surface area contributed by atoms with Gasteiger partial charge in [-0.15, -0.1) is 0 Å². The SMILES string of the molecule is CN(CC(=O)NNC(=O)c1nn(-c2ccccc2)cc1O)S(=O)(=O)c1cccnc1. The summed E-state index contributed by atoms with van der Waals surface area (Å²) in [6, 6.07) is 11.6. The Morgan fingerprint density at radius 2 is 1.87 bits per heavy atom. The molecule has 0 aliphatic heterocycles. The summed E-state index contributed by atoms with van der Waals surface area (Å²) < 4.78 is 26.9. The van der Waals surface area contributed by atoms with Gasteiger partial charge in [-0.25, -0.2) is 13.1 Å². The number of hydrazine groups is 1. The minimum absolute atomic E-state index is 0.0688. The lowest BCUT2D eigenvalue weighted by atomic mass is 10.3. The molecule has 3 aromatic rings. The van der Waals surface area contributed by atoms with Gasteiger partial charge in [0.15, 0.2) is 11.4 Å². The smallest absolute Gasteiger partial charge is 0.294 e. The van der Waals surface area contributed by atoms with Gasteiger partial charge in [0.1, 0.15) is 4.90 Å². The number of benzene rings is 1. The Morgan fingerprint density at radius 1 is 1.13 bits per heavy atom. The number of pyridine rings is 1. The van der Waals surface area contributed by atoms with Gasteiger partial charge < -0.3 is 5.11 Å². The molecule has 0 radical (unpaired) electrons. The molecule has 12 heteroatoms. The highest BCUT2D eigenvalue weighted by Gasteiger charge is 2.24. The minimum atomic E-state index is -3.92. The number of carbonyl (C=O) groups is 2. The lowest BCUT2D eigenvalue weighted by molar-refractivity contribution is -0.121. The van der Waals surface area contributed by atoms with Crippen molar-refractivity contribution in [3.63, 3.8) is 0 Å². The Bertz CT molecular complexity index is 1150. The highest BCUT2D eigenvalue weighted by Crippen LogP contribution is 2.17. The van der Waals surface area contributed by atoms with E-state index in [1.165, 1.54) is 36.3 Å². The van der Waals surface area contributed by atoms with Crippen LogP contribution in [0.2, 0.25) is 0 Å². The number of para-hydroxylation sites is 1. The van der Waals surface area contributed by atoms with Gasteiger partial charge in [0.2, 0.25) is 10.0 Å². The van der Waals surface area contributed by atoms with Crippen LogP contribution in [0.4, 0.5) is 0 Å². The van der Waals surface area contributed by atoms with Crippen molar-refractivity contribution < 1.29 is 23.1 Å². The van der Waals surface area contributed by atoms with Gasteiger partial charge in [0.25, 0.3) is 11.8 Å². The summed E-state index contributed by atoms with van der Waals surface area (Å²) in [5, 5.41) is 13.9. The quantitative estimate of drug-likeness (QED) is 0.468. The summed E-state index contributed by atoms with van der Waals surface area (Å²) in [4.78, 5) is 27.9. The lowest BCUT2D eigenvalue weighted by Crippen LogP contribution is -2.46. The van der Waals surface area contributed by atoms with Crippen LogP contribution in [0, 0.1) is 0 Å². The number of likely N-dealkylation sites (N-methyl/N-ethyl adjacent to an activating group) is 1. The molecule has 2 heterocycles. The molecule has 2 aromatic heterocycles. The topological polar surface area (TPSA) is 147 Å². The Labute approximate surface area is 172 Å². The van der Waals surface area contributed by atoms with Crippen LogP contribution in [0.25, 0.3) is 5.69 Å². The average Bonchev–Trinajstić information content (AvgIpc) is 3.15. The number of amides is 2. The number of rotatable bonds is 6. The van der Waals surface area contributed by atoms with Gasteiger partial charge in [0, 0.05) is 19.4 Å². The van der Waals surface area contributed by atoms with Gasteiger partial charge in [-0.1, -0.05) is 18.2 Å². The van der Waals surface area contributed by atoms with Crippen LogP contribution in [0.5, 0.6) is 5.75 Å². The summed E-state index contributed by atoms with van der Waals surface area (Å²) in [5.74, 6) is -2.05. The third-order valence-corrected chi connectivity index (χ3v) is 5.74. The molecule has 2 amide bonds. The number of hydrogen-bond donors (Lipinski definition) is 3. The molecular formula is C18H18N6O5S. The molecule has 0 aliphatic rings. The van der Waals surface area contributed by atoms with Crippen molar-refractivity contribution in [3.8, 4) is 11.4 Å². The Kier molecular flexibility index (Phi) is 6.09. The molecule has 0 spiro atoms. The van der Waals surface area contributed by atoms with E-state index in [0.29, 0.717) is 5.69 Å². The van der Waals surface area contributed by atoms with Gasteiger partial charge in [-0.2, -0.15) is 9.40 Å². The first-order valence-electron chi connectivity index (χ1n) is 8.58. The fourth-order valence-electron chi connectivity index (χ4n) is 2.43. The maximum atomic E-state index is 12.4. The Balaban J connectivity index is 1.60. The van der Waals surface area contributed by atoms with Crippen LogP contribution in [0.15, 0.2) is 66.0 Å². The predicted octanol–water partition coefficient (Wildman–Crippen LogP) is 0.0546. The predicted molar refractivity (Wildman–Crippen MR) is 105 cm³/mol. The van der Waals surface area contributed by atoms with E-state index in [-0.39, 0.29) is 16.3 Å². The molecule has 0 unspecified atom stereocenters. The average molecular weight is 430 g/mol. The molecule has 11 nitrogen and oxygen atoms in total. The van der Waals surface area contributed by atoms with E-state index in [2.05, 4.69) is 20.9 Å². The van der Waals surface area contributed by atoms with Crippen LogP contribution in [-0.2, 0) is 14.8 Å². The highest BCUT2D eigenvalue weighted by molar-refractivity contribution is 7.89. The van der Waals surface area contributed by atoms with Crippen LogP contribution in [0.3, 0.4) is 0 Å². The molecule has 0 saturated heterocycles. The molecule has 3 rings (SSSR count). The van der Waals surface area contributed by atoms with E-state index in [1.54, 1.807) is 24.3 Å². The second kappa shape index (κ2) is 8.71. The molecule has 0 fully saturated rings. The van der Waals surface area contributed by atoms with Crippen LogP contribution < -0.4 is 10.9 Å². The zero-order valence-electron chi connectivity index (χ0n) is 15.8. The van der Waals surface area contributed by atoms with Crippen molar-refractivity contribution in [1.29, 1.82) is 0 Å². The maximum Gasteiger partial charge on any atom is 0.294 e. The van der Waals surface area contributed by atoms with Crippen LogP contribution in [-0.4, -0.2) is 58.0 Å². The minimum Gasteiger partial charge on any atom is -0.504 e. The largest absolute Gasteiger partial charge is 0.504 e. The fourth-order valence-corrected chi connectivity index (χ4v) is 3.52. The molecule has 3 N–H and O–H groups in total.